The summed E-state index contributed by atoms with van der Waals surface area (Å²) >= 11 is 0. The quantitative estimate of drug-likeness (QED) is 0.211. The third-order valence-corrected chi connectivity index (χ3v) is 4.57. The van der Waals surface area contributed by atoms with E-state index in [0.29, 0.717) is 38.5 Å². The maximum atomic E-state index is 12.4. The Morgan fingerprint density at radius 3 is 2.33 bits per heavy atom. The third kappa shape index (κ3) is 6.18. The van der Waals surface area contributed by atoms with Gasteiger partial charge in [0.15, 0.2) is 11.7 Å². The standard InChI is InChI=1S/C20H25N5O4.HI/c1-15(2)22-20(21-14-16-5-7-17(8-6-16)25(27)28)24-11-9-23(10-12-24)19(26)18-4-3-13-29-18;/h3-8,13,15H,9-12,14H2,1-2H3,(H,21,22);1H. The highest BCUT2D eigenvalue weighted by molar-refractivity contribution is 14.0. The molecule has 9 nitrogen and oxygen atoms in total. The van der Waals surface area contributed by atoms with Gasteiger partial charge < -0.3 is 19.5 Å². The minimum Gasteiger partial charge on any atom is -0.459 e. The van der Waals surface area contributed by atoms with Gasteiger partial charge in [-0.2, -0.15) is 0 Å². The van der Waals surface area contributed by atoms with Crippen LogP contribution in [0.3, 0.4) is 0 Å². The fraction of sp³-hybridized carbons (Fsp3) is 0.400. The van der Waals surface area contributed by atoms with Gasteiger partial charge in [0.05, 0.1) is 17.7 Å². The molecule has 2 aromatic rings. The first-order chi connectivity index (χ1) is 13.9. The van der Waals surface area contributed by atoms with Crippen LogP contribution in [0.15, 0.2) is 52.1 Å². The number of nitro benzene ring substituents is 1. The number of piperazine rings is 1. The van der Waals surface area contributed by atoms with E-state index in [1.165, 1.54) is 18.4 Å². The monoisotopic (exact) mass is 527 g/mol. The summed E-state index contributed by atoms with van der Waals surface area (Å²) in [4.78, 5) is 31.4. The van der Waals surface area contributed by atoms with E-state index in [-0.39, 0.29) is 41.6 Å². The maximum Gasteiger partial charge on any atom is 0.289 e. The molecule has 0 spiro atoms. The van der Waals surface area contributed by atoms with Gasteiger partial charge >= 0.3 is 0 Å². The Morgan fingerprint density at radius 2 is 1.80 bits per heavy atom. The molecule has 1 amide bonds. The summed E-state index contributed by atoms with van der Waals surface area (Å²) in [5.41, 5.74) is 0.959. The molecule has 1 aromatic heterocycles. The van der Waals surface area contributed by atoms with Gasteiger partial charge in [-0.1, -0.05) is 12.1 Å². The number of furan rings is 1. The van der Waals surface area contributed by atoms with E-state index < -0.39 is 4.92 Å². The maximum absolute atomic E-state index is 12.4. The summed E-state index contributed by atoms with van der Waals surface area (Å²) in [6.45, 7) is 6.97. The predicted octanol–water partition coefficient (Wildman–Crippen LogP) is 3.12. The van der Waals surface area contributed by atoms with Crippen molar-refractivity contribution in [1.82, 2.24) is 15.1 Å². The van der Waals surface area contributed by atoms with Crippen molar-refractivity contribution in [2.75, 3.05) is 26.2 Å². The molecule has 1 fully saturated rings. The predicted molar refractivity (Wildman–Crippen MR) is 124 cm³/mol. The van der Waals surface area contributed by atoms with Crippen LogP contribution in [0.25, 0.3) is 0 Å². The van der Waals surface area contributed by atoms with Crippen molar-refractivity contribution in [3.05, 3.63) is 64.1 Å². The molecule has 0 unspecified atom stereocenters. The second-order valence-corrected chi connectivity index (χ2v) is 7.12. The van der Waals surface area contributed by atoms with Crippen LogP contribution in [0.4, 0.5) is 5.69 Å². The van der Waals surface area contributed by atoms with Crippen molar-refractivity contribution in [2.45, 2.75) is 26.4 Å². The minimum absolute atomic E-state index is 0. The van der Waals surface area contributed by atoms with Crippen molar-refractivity contribution in [3.63, 3.8) is 0 Å². The second kappa shape index (κ2) is 11.0. The summed E-state index contributed by atoms with van der Waals surface area (Å²) in [5.74, 6) is 1.02. The normalized spacial score (nSPS) is 14.4. The topological polar surface area (TPSA) is 104 Å². The highest BCUT2D eigenvalue weighted by Gasteiger charge is 2.25. The first kappa shape index (κ1) is 23.6. The van der Waals surface area contributed by atoms with Crippen LogP contribution in [-0.2, 0) is 6.54 Å². The number of nitrogens with one attached hydrogen (secondary N) is 1. The molecule has 1 N–H and O–H groups in total. The van der Waals surface area contributed by atoms with Gasteiger partial charge in [-0.05, 0) is 31.5 Å². The molecule has 1 aliphatic rings. The molecule has 2 heterocycles. The largest absolute Gasteiger partial charge is 0.459 e. The number of non-ortho nitro benzene ring substituents is 1. The molecule has 162 valence electrons. The number of benzene rings is 1. The Morgan fingerprint density at radius 1 is 1.17 bits per heavy atom. The van der Waals surface area contributed by atoms with Crippen LogP contribution in [-0.4, -0.2) is 58.8 Å². The zero-order valence-corrected chi connectivity index (χ0v) is 19.3. The van der Waals surface area contributed by atoms with Crippen LogP contribution in [0, 0.1) is 10.1 Å². The summed E-state index contributed by atoms with van der Waals surface area (Å²) in [6, 6.07) is 9.99. The van der Waals surface area contributed by atoms with Crippen LogP contribution < -0.4 is 5.32 Å². The summed E-state index contributed by atoms with van der Waals surface area (Å²) in [7, 11) is 0. The van der Waals surface area contributed by atoms with Crippen LogP contribution in [0.2, 0.25) is 0 Å². The molecule has 1 aromatic carbocycles. The first-order valence-electron chi connectivity index (χ1n) is 9.56. The Labute approximate surface area is 192 Å². The Bertz CT molecular complexity index is 860. The van der Waals surface area contributed by atoms with Gasteiger partial charge in [0.25, 0.3) is 11.6 Å². The highest BCUT2D eigenvalue weighted by Crippen LogP contribution is 2.13. The average Bonchev–Trinajstić information content (AvgIpc) is 3.25. The van der Waals surface area contributed by atoms with Crippen molar-refractivity contribution in [1.29, 1.82) is 0 Å². The molecule has 1 saturated heterocycles. The molecule has 0 radical (unpaired) electrons. The third-order valence-electron chi connectivity index (χ3n) is 4.57. The molecule has 10 heteroatoms. The van der Waals surface area contributed by atoms with E-state index in [1.807, 2.05) is 13.8 Å². The smallest absolute Gasteiger partial charge is 0.289 e. The number of hydrogen-bond donors (Lipinski definition) is 1. The lowest BCUT2D eigenvalue weighted by molar-refractivity contribution is -0.384. The van der Waals surface area contributed by atoms with E-state index in [2.05, 4.69) is 10.2 Å². The molecule has 0 atom stereocenters. The number of guanidine groups is 1. The van der Waals surface area contributed by atoms with Crippen molar-refractivity contribution < 1.29 is 14.1 Å². The number of rotatable bonds is 5. The summed E-state index contributed by atoms with van der Waals surface area (Å²) in [6.07, 6.45) is 1.50. The van der Waals surface area contributed by atoms with E-state index in [4.69, 9.17) is 9.41 Å². The summed E-state index contributed by atoms with van der Waals surface area (Å²) < 4.78 is 5.20. The fourth-order valence-electron chi connectivity index (χ4n) is 3.06. The lowest BCUT2D eigenvalue weighted by Crippen LogP contribution is -2.54. The SMILES string of the molecule is CC(C)NC(=NCc1ccc([N+](=O)[O-])cc1)N1CCN(C(=O)c2ccco2)CC1.I. The summed E-state index contributed by atoms with van der Waals surface area (Å²) in [5, 5.41) is 14.1. The van der Waals surface area contributed by atoms with Gasteiger partial charge in [-0.25, -0.2) is 4.99 Å². The van der Waals surface area contributed by atoms with Gasteiger partial charge in [-0.3, -0.25) is 14.9 Å². The molecule has 0 bridgehead atoms. The number of amides is 1. The molecular weight excluding hydrogens is 501 g/mol. The zero-order chi connectivity index (χ0) is 20.8. The van der Waals surface area contributed by atoms with Crippen LogP contribution in [0.1, 0.15) is 30.0 Å². The number of halogens is 1. The van der Waals surface area contributed by atoms with Crippen LogP contribution >= 0.6 is 24.0 Å². The van der Waals surface area contributed by atoms with E-state index in [1.54, 1.807) is 29.2 Å². The number of aliphatic imine (C=N–C) groups is 1. The number of nitrogens with zero attached hydrogens (tertiary/aromatic N) is 4. The highest BCUT2D eigenvalue weighted by atomic mass is 127. The van der Waals surface area contributed by atoms with E-state index >= 15 is 0 Å². The molecule has 30 heavy (non-hydrogen) atoms. The Hall–Kier alpha value is -2.63. The van der Waals surface area contributed by atoms with Crippen LogP contribution in [0.5, 0.6) is 0 Å². The Kier molecular flexibility index (Phi) is 8.63. The zero-order valence-electron chi connectivity index (χ0n) is 17.0. The van der Waals surface area contributed by atoms with Gasteiger partial charge in [-0.15, -0.1) is 24.0 Å². The molecular formula is C20H26IN5O4. The number of carbonyl (C=O) groups excluding carboxylic acids is 1. The van der Waals surface area contributed by atoms with Gasteiger partial charge in [0.2, 0.25) is 0 Å². The molecule has 1 aliphatic heterocycles. The lowest BCUT2D eigenvalue weighted by Gasteiger charge is -2.36. The number of carbonyl (C=O) groups is 1. The van der Waals surface area contributed by atoms with Crippen molar-refractivity contribution in [3.8, 4) is 0 Å². The number of hydrogen-bond acceptors (Lipinski definition) is 5. The van der Waals surface area contributed by atoms with Crippen molar-refractivity contribution >= 4 is 41.5 Å². The first-order valence-corrected chi connectivity index (χ1v) is 9.56. The van der Waals surface area contributed by atoms with Gasteiger partial charge in [0.1, 0.15) is 0 Å². The fourth-order valence-corrected chi connectivity index (χ4v) is 3.06. The average molecular weight is 527 g/mol. The molecule has 0 saturated carbocycles. The Balaban J connectivity index is 0.00000320. The molecule has 0 aliphatic carbocycles. The number of nitro groups is 1. The second-order valence-electron chi connectivity index (χ2n) is 7.12. The molecule has 3 rings (SSSR count). The van der Waals surface area contributed by atoms with Gasteiger partial charge in [0, 0.05) is 44.4 Å². The van der Waals surface area contributed by atoms with E-state index in [9.17, 15) is 14.9 Å². The lowest BCUT2D eigenvalue weighted by atomic mass is 10.2. The van der Waals surface area contributed by atoms with Crippen molar-refractivity contribution in [2.24, 2.45) is 4.99 Å². The minimum atomic E-state index is -0.414. The van der Waals surface area contributed by atoms with E-state index in [0.717, 1.165) is 11.5 Å².